The van der Waals surface area contributed by atoms with Gasteiger partial charge in [-0.3, -0.25) is 19.3 Å². The van der Waals surface area contributed by atoms with Gasteiger partial charge in [0.1, 0.15) is 6.54 Å². The van der Waals surface area contributed by atoms with E-state index in [1.165, 1.54) is 28.3 Å². The number of anilines is 1. The molecule has 1 fully saturated rings. The summed E-state index contributed by atoms with van der Waals surface area (Å²) in [4.78, 5) is 38.1. The van der Waals surface area contributed by atoms with Gasteiger partial charge >= 0.3 is 0 Å². The van der Waals surface area contributed by atoms with Crippen LogP contribution in [0, 0.1) is 5.41 Å². The molecule has 0 aromatic heterocycles. The molecule has 0 saturated carbocycles. The lowest BCUT2D eigenvalue weighted by Crippen LogP contribution is -2.34. The van der Waals surface area contributed by atoms with Crippen molar-refractivity contribution >= 4 is 35.0 Å². The number of rotatable bonds is 6. The van der Waals surface area contributed by atoms with E-state index in [0.717, 1.165) is 6.42 Å². The van der Waals surface area contributed by atoms with Crippen molar-refractivity contribution in [2.45, 2.75) is 47.0 Å². The Balaban J connectivity index is 2.04. The fourth-order valence-electron chi connectivity index (χ4n) is 2.50. The molecule has 0 bridgehead atoms. The maximum Gasteiger partial charge on any atom is 0.244 e. The second-order valence-corrected chi connectivity index (χ2v) is 8.84. The maximum absolute atomic E-state index is 12.4. The maximum atomic E-state index is 12.4. The van der Waals surface area contributed by atoms with Gasteiger partial charge in [0.25, 0.3) is 0 Å². The molecule has 5 nitrogen and oxygen atoms in total. The molecule has 146 valence electrons. The third-order valence-electron chi connectivity index (χ3n) is 4.58. The average Bonchev–Trinajstić information content (AvgIpc) is 2.94. The van der Waals surface area contributed by atoms with Crippen LogP contribution in [0.5, 0.6) is 0 Å². The second kappa shape index (κ2) is 8.74. The highest BCUT2D eigenvalue weighted by Crippen LogP contribution is 2.30. The quantitative estimate of drug-likeness (QED) is 0.743. The first-order valence-electron chi connectivity index (χ1n) is 9.21. The van der Waals surface area contributed by atoms with E-state index in [1.54, 1.807) is 0 Å². The summed E-state index contributed by atoms with van der Waals surface area (Å²) in [6, 6.07) is 7.77. The third kappa shape index (κ3) is 5.70. The van der Waals surface area contributed by atoms with Gasteiger partial charge in [0.15, 0.2) is 5.78 Å². The summed E-state index contributed by atoms with van der Waals surface area (Å²) in [7, 11) is 0. The molecule has 0 spiro atoms. The molecule has 1 atom stereocenters. The summed E-state index contributed by atoms with van der Waals surface area (Å²) in [6.45, 7) is 9.69. The van der Waals surface area contributed by atoms with E-state index >= 15 is 0 Å². The molecule has 0 unspecified atom stereocenters. The molecule has 1 aliphatic heterocycles. The number of ketones is 1. The Morgan fingerprint density at radius 2 is 1.89 bits per heavy atom. The molecule has 1 saturated heterocycles. The molecule has 0 aliphatic carbocycles. The molecule has 2 rings (SSSR count). The molecular weight excluding hydrogens is 360 g/mol. The van der Waals surface area contributed by atoms with Crippen LogP contribution in [0.4, 0.5) is 5.69 Å². The van der Waals surface area contributed by atoms with Crippen LogP contribution in [0.3, 0.4) is 0 Å². The highest BCUT2D eigenvalue weighted by Gasteiger charge is 2.30. The number of hydrogen-bond donors (Lipinski definition) is 1. The smallest absolute Gasteiger partial charge is 0.244 e. The zero-order chi connectivity index (χ0) is 20.2. The van der Waals surface area contributed by atoms with E-state index in [1.807, 2.05) is 45.0 Å². The summed E-state index contributed by atoms with van der Waals surface area (Å²) in [5.41, 5.74) is 1.40. The van der Waals surface area contributed by atoms with Crippen molar-refractivity contribution in [2.75, 3.05) is 17.6 Å². The Hall–Kier alpha value is -2.08. The minimum Gasteiger partial charge on any atom is -0.325 e. The molecule has 0 radical (unpaired) electrons. The average molecular weight is 389 g/mol. The first-order chi connectivity index (χ1) is 12.6. The molecule has 1 heterocycles. The van der Waals surface area contributed by atoms with Gasteiger partial charge in [-0.05, 0) is 30.0 Å². The second-order valence-electron chi connectivity index (χ2n) is 7.84. The SMILES string of the molecule is CC[C@@H](C)c1ccc(NC(=O)CN2C(=O)CS/C2=C\C(=O)C(C)(C)C)cc1. The predicted octanol–water partition coefficient (Wildman–Crippen LogP) is 4.17. The van der Waals surface area contributed by atoms with Gasteiger partial charge < -0.3 is 5.32 Å². The van der Waals surface area contributed by atoms with Crippen molar-refractivity contribution < 1.29 is 14.4 Å². The molecule has 6 heteroatoms. The van der Waals surface area contributed by atoms with Crippen LogP contribution in [-0.2, 0) is 14.4 Å². The molecular formula is C21H28N2O3S. The highest BCUT2D eigenvalue weighted by atomic mass is 32.2. The zero-order valence-electron chi connectivity index (χ0n) is 16.7. The van der Waals surface area contributed by atoms with Gasteiger partial charge in [0.2, 0.25) is 11.8 Å². The van der Waals surface area contributed by atoms with E-state index in [4.69, 9.17) is 0 Å². The summed E-state index contributed by atoms with van der Waals surface area (Å²) < 4.78 is 0. The molecule has 1 aromatic rings. The largest absolute Gasteiger partial charge is 0.325 e. The topological polar surface area (TPSA) is 66.5 Å². The Bertz CT molecular complexity index is 748. The van der Waals surface area contributed by atoms with Crippen molar-refractivity contribution in [3.8, 4) is 0 Å². The first kappa shape index (κ1) is 21.2. The van der Waals surface area contributed by atoms with Gasteiger partial charge in [-0.2, -0.15) is 0 Å². The fraction of sp³-hybridized carbons (Fsp3) is 0.476. The van der Waals surface area contributed by atoms with Crippen molar-refractivity contribution in [3.05, 3.63) is 40.9 Å². The minimum absolute atomic E-state index is 0.0641. The van der Waals surface area contributed by atoms with Gasteiger partial charge in [0.05, 0.1) is 10.8 Å². The van der Waals surface area contributed by atoms with Crippen LogP contribution in [0.2, 0.25) is 0 Å². The van der Waals surface area contributed by atoms with Gasteiger partial charge in [-0.1, -0.05) is 58.5 Å². The lowest BCUT2D eigenvalue weighted by atomic mass is 9.91. The van der Waals surface area contributed by atoms with E-state index in [-0.39, 0.29) is 29.9 Å². The number of carbonyl (C=O) groups excluding carboxylic acids is 3. The predicted molar refractivity (Wildman–Crippen MR) is 110 cm³/mol. The zero-order valence-corrected chi connectivity index (χ0v) is 17.5. The Kier molecular flexibility index (Phi) is 6.87. The summed E-state index contributed by atoms with van der Waals surface area (Å²) >= 11 is 1.30. The number of amides is 2. The molecule has 1 aliphatic rings. The van der Waals surface area contributed by atoms with Crippen LogP contribution >= 0.6 is 11.8 Å². The normalized spacial score (nSPS) is 17.3. The van der Waals surface area contributed by atoms with Crippen LogP contribution in [0.25, 0.3) is 0 Å². The van der Waals surface area contributed by atoms with E-state index in [9.17, 15) is 14.4 Å². The number of hydrogen-bond acceptors (Lipinski definition) is 4. The van der Waals surface area contributed by atoms with E-state index in [0.29, 0.717) is 16.6 Å². The van der Waals surface area contributed by atoms with Crippen LogP contribution in [-0.4, -0.2) is 34.8 Å². The van der Waals surface area contributed by atoms with Gasteiger partial charge in [0, 0.05) is 17.2 Å². The molecule has 1 aromatic carbocycles. The minimum atomic E-state index is -0.523. The Labute approximate surface area is 165 Å². The van der Waals surface area contributed by atoms with Crippen molar-refractivity contribution in [1.29, 1.82) is 0 Å². The standard InChI is InChI=1S/C21H28N2O3S/c1-6-14(2)15-7-9-16(10-8-15)22-18(25)12-23-19(26)13-27-20(23)11-17(24)21(3,4)5/h7-11,14H,6,12-13H2,1-5H3,(H,22,25)/b20-11-/t14-/m1/s1. The number of carbonyl (C=O) groups is 3. The van der Waals surface area contributed by atoms with Gasteiger partial charge in [-0.15, -0.1) is 0 Å². The number of thioether (sulfide) groups is 1. The first-order valence-corrected chi connectivity index (χ1v) is 10.2. The Morgan fingerprint density at radius 3 is 2.44 bits per heavy atom. The monoisotopic (exact) mass is 388 g/mol. The summed E-state index contributed by atoms with van der Waals surface area (Å²) in [6.07, 6.45) is 2.53. The third-order valence-corrected chi connectivity index (χ3v) is 5.61. The van der Waals surface area contributed by atoms with Crippen molar-refractivity contribution in [2.24, 2.45) is 5.41 Å². The van der Waals surface area contributed by atoms with Crippen LogP contribution in [0.1, 0.15) is 52.5 Å². The lowest BCUT2D eigenvalue weighted by molar-refractivity contribution is -0.129. The van der Waals surface area contributed by atoms with E-state index < -0.39 is 5.41 Å². The van der Waals surface area contributed by atoms with Crippen molar-refractivity contribution in [1.82, 2.24) is 4.90 Å². The number of benzene rings is 1. The summed E-state index contributed by atoms with van der Waals surface area (Å²) in [5.74, 6) is 0.222. The van der Waals surface area contributed by atoms with Crippen LogP contribution in [0.15, 0.2) is 35.4 Å². The highest BCUT2D eigenvalue weighted by molar-refractivity contribution is 8.04. The molecule has 1 N–H and O–H groups in total. The number of nitrogens with zero attached hydrogens (tertiary/aromatic N) is 1. The molecule has 27 heavy (non-hydrogen) atoms. The van der Waals surface area contributed by atoms with Crippen LogP contribution < -0.4 is 5.32 Å². The number of allylic oxidation sites excluding steroid dienone is 1. The fourth-order valence-corrected chi connectivity index (χ4v) is 3.44. The van der Waals surface area contributed by atoms with Gasteiger partial charge in [-0.25, -0.2) is 0 Å². The molecule has 2 amide bonds. The Morgan fingerprint density at radius 1 is 1.26 bits per heavy atom. The summed E-state index contributed by atoms with van der Waals surface area (Å²) in [5, 5.41) is 3.37. The van der Waals surface area contributed by atoms with Crippen molar-refractivity contribution in [3.63, 3.8) is 0 Å². The van der Waals surface area contributed by atoms with E-state index in [2.05, 4.69) is 19.2 Å². The lowest BCUT2D eigenvalue weighted by Gasteiger charge is -2.19. The number of nitrogens with one attached hydrogen (secondary N) is 1.